The molecule has 2 amide bonds. The molecule has 8 heteroatoms. The molecule has 1 aromatic rings. The van der Waals surface area contributed by atoms with Gasteiger partial charge < -0.3 is 15.7 Å². The van der Waals surface area contributed by atoms with Gasteiger partial charge in [0, 0.05) is 18.2 Å². The van der Waals surface area contributed by atoms with Crippen molar-refractivity contribution >= 4 is 23.4 Å². The maximum Gasteiger partial charge on any atom is 0.319 e. The fourth-order valence-electron chi connectivity index (χ4n) is 2.69. The van der Waals surface area contributed by atoms with E-state index in [9.17, 15) is 19.7 Å². The first-order valence-corrected chi connectivity index (χ1v) is 7.42. The van der Waals surface area contributed by atoms with Crippen molar-refractivity contribution in [3.63, 3.8) is 0 Å². The average molecular weight is 321 g/mol. The Morgan fingerprint density at radius 2 is 1.91 bits per heavy atom. The lowest BCUT2D eigenvalue weighted by Crippen LogP contribution is -2.41. The smallest absolute Gasteiger partial charge is 0.319 e. The van der Waals surface area contributed by atoms with Crippen LogP contribution in [0.2, 0.25) is 0 Å². The van der Waals surface area contributed by atoms with Crippen molar-refractivity contribution in [2.24, 2.45) is 5.92 Å². The van der Waals surface area contributed by atoms with Gasteiger partial charge in [-0.25, -0.2) is 4.79 Å². The van der Waals surface area contributed by atoms with Gasteiger partial charge in [-0.1, -0.05) is 6.07 Å². The molecule has 0 radical (unpaired) electrons. The molecule has 0 aromatic heterocycles. The molecule has 3 N–H and O–H groups in total. The van der Waals surface area contributed by atoms with E-state index in [0.29, 0.717) is 31.4 Å². The van der Waals surface area contributed by atoms with Crippen LogP contribution in [0.15, 0.2) is 18.2 Å². The lowest BCUT2D eigenvalue weighted by molar-refractivity contribution is -0.384. The number of nitro groups is 1. The summed E-state index contributed by atoms with van der Waals surface area (Å²) in [7, 11) is 0. The van der Waals surface area contributed by atoms with E-state index in [-0.39, 0.29) is 17.6 Å². The van der Waals surface area contributed by atoms with Crippen LogP contribution in [0.3, 0.4) is 0 Å². The summed E-state index contributed by atoms with van der Waals surface area (Å²) in [5.74, 6) is -1.13. The molecule has 1 aliphatic rings. The van der Waals surface area contributed by atoms with Gasteiger partial charge in [-0.2, -0.15) is 0 Å². The summed E-state index contributed by atoms with van der Waals surface area (Å²) >= 11 is 0. The predicted octanol–water partition coefficient (Wildman–Crippen LogP) is 2.67. The van der Waals surface area contributed by atoms with E-state index in [1.807, 2.05) is 0 Å². The quantitative estimate of drug-likeness (QED) is 0.581. The van der Waals surface area contributed by atoms with E-state index < -0.39 is 16.9 Å². The van der Waals surface area contributed by atoms with Crippen molar-refractivity contribution in [1.29, 1.82) is 0 Å². The number of nitrogens with one attached hydrogen (secondary N) is 2. The van der Waals surface area contributed by atoms with Crippen LogP contribution >= 0.6 is 0 Å². The number of nitrogens with zero attached hydrogens (tertiary/aromatic N) is 1. The number of anilines is 1. The monoisotopic (exact) mass is 321 g/mol. The van der Waals surface area contributed by atoms with E-state index in [0.717, 1.165) is 5.56 Å². The van der Waals surface area contributed by atoms with E-state index in [4.69, 9.17) is 5.11 Å². The molecule has 1 aromatic carbocycles. The maximum absolute atomic E-state index is 12.0. The second kappa shape index (κ2) is 7.08. The number of aliphatic carboxylic acids is 1. The van der Waals surface area contributed by atoms with Crippen LogP contribution in [0, 0.1) is 23.0 Å². The Kier molecular flexibility index (Phi) is 5.15. The third-order valence-electron chi connectivity index (χ3n) is 4.09. The molecule has 0 atom stereocenters. The number of aryl methyl sites for hydroxylation is 1. The largest absolute Gasteiger partial charge is 0.481 e. The Bertz CT molecular complexity index is 624. The van der Waals surface area contributed by atoms with Gasteiger partial charge in [0.25, 0.3) is 5.69 Å². The first kappa shape index (κ1) is 16.7. The summed E-state index contributed by atoms with van der Waals surface area (Å²) in [5.41, 5.74) is 1.02. The molecule has 8 nitrogen and oxygen atoms in total. The van der Waals surface area contributed by atoms with Crippen molar-refractivity contribution in [2.45, 2.75) is 38.6 Å². The van der Waals surface area contributed by atoms with Gasteiger partial charge in [-0.05, 0) is 38.2 Å². The standard InChI is InChI=1S/C15H19N3O5/c1-9-2-7-12(18(22)23)8-13(9)17-15(21)16-11-5-3-10(4-6-11)14(19)20/h2,7-8,10-11H,3-6H2,1H3,(H,19,20)(H2,16,17,21). The summed E-state index contributed by atoms with van der Waals surface area (Å²) < 4.78 is 0. The zero-order valence-electron chi connectivity index (χ0n) is 12.7. The van der Waals surface area contributed by atoms with Gasteiger partial charge in [0.05, 0.1) is 16.5 Å². The molecule has 1 saturated carbocycles. The summed E-state index contributed by atoms with van der Waals surface area (Å²) in [6, 6.07) is 3.75. The maximum atomic E-state index is 12.0. The SMILES string of the molecule is Cc1ccc([N+](=O)[O-])cc1NC(=O)NC1CCC(C(=O)O)CC1. The Balaban J connectivity index is 1.92. The highest BCUT2D eigenvalue weighted by molar-refractivity contribution is 5.90. The molecule has 2 rings (SSSR count). The third kappa shape index (κ3) is 4.41. The van der Waals surface area contributed by atoms with Crippen LogP contribution in [-0.2, 0) is 4.79 Å². The van der Waals surface area contributed by atoms with E-state index in [1.165, 1.54) is 12.1 Å². The van der Waals surface area contributed by atoms with E-state index in [2.05, 4.69) is 10.6 Å². The normalized spacial score (nSPS) is 20.6. The van der Waals surface area contributed by atoms with Crippen molar-refractivity contribution in [3.8, 4) is 0 Å². The van der Waals surface area contributed by atoms with Crippen LogP contribution in [-0.4, -0.2) is 28.1 Å². The first-order chi connectivity index (χ1) is 10.9. The molecule has 0 spiro atoms. The van der Waals surface area contributed by atoms with Crippen LogP contribution in [0.5, 0.6) is 0 Å². The number of carboxylic acids is 1. The summed E-state index contributed by atoms with van der Waals surface area (Å²) in [6.45, 7) is 1.75. The van der Waals surface area contributed by atoms with Crippen molar-refractivity contribution in [2.75, 3.05) is 5.32 Å². The minimum atomic E-state index is -0.792. The summed E-state index contributed by atoms with van der Waals surface area (Å²) in [6.07, 6.45) is 2.29. The van der Waals surface area contributed by atoms with Gasteiger partial charge >= 0.3 is 12.0 Å². The molecular weight excluding hydrogens is 302 g/mol. The van der Waals surface area contributed by atoms with E-state index >= 15 is 0 Å². The minimum Gasteiger partial charge on any atom is -0.481 e. The van der Waals surface area contributed by atoms with Gasteiger partial charge in [0.2, 0.25) is 0 Å². The van der Waals surface area contributed by atoms with Crippen LogP contribution in [0.25, 0.3) is 0 Å². The molecule has 23 heavy (non-hydrogen) atoms. The fourth-order valence-corrected chi connectivity index (χ4v) is 2.69. The number of carboxylic acid groups (broad SMARTS) is 1. The topological polar surface area (TPSA) is 122 Å². The molecule has 0 heterocycles. The summed E-state index contributed by atoms with van der Waals surface area (Å²) in [4.78, 5) is 33.2. The van der Waals surface area contributed by atoms with E-state index in [1.54, 1.807) is 13.0 Å². The lowest BCUT2D eigenvalue weighted by Gasteiger charge is -2.26. The van der Waals surface area contributed by atoms with Crippen LogP contribution in [0.4, 0.5) is 16.2 Å². The number of amides is 2. The molecule has 0 aliphatic heterocycles. The third-order valence-corrected chi connectivity index (χ3v) is 4.09. The highest BCUT2D eigenvalue weighted by Gasteiger charge is 2.26. The van der Waals surface area contributed by atoms with Crippen molar-refractivity contribution < 1.29 is 19.6 Å². The lowest BCUT2D eigenvalue weighted by atomic mass is 9.86. The Morgan fingerprint density at radius 1 is 1.26 bits per heavy atom. The number of hydrogen-bond acceptors (Lipinski definition) is 4. The zero-order chi connectivity index (χ0) is 17.0. The molecule has 0 saturated heterocycles. The second-order valence-corrected chi connectivity index (χ2v) is 5.74. The molecule has 0 unspecified atom stereocenters. The summed E-state index contributed by atoms with van der Waals surface area (Å²) in [5, 5.41) is 25.1. The molecule has 124 valence electrons. The number of hydrogen-bond donors (Lipinski definition) is 3. The number of rotatable bonds is 4. The number of urea groups is 1. The molecule has 1 fully saturated rings. The van der Waals surface area contributed by atoms with Gasteiger partial charge in [-0.3, -0.25) is 14.9 Å². The number of non-ortho nitro benzene ring substituents is 1. The Hall–Kier alpha value is -2.64. The predicted molar refractivity (Wildman–Crippen MR) is 83.4 cm³/mol. The number of nitro benzene ring substituents is 1. The van der Waals surface area contributed by atoms with Crippen LogP contribution < -0.4 is 10.6 Å². The second-order valence-electron chi connectivity index (χ2n) is 5.74. The number of benzene rings is 1. The number of carbonyl (C=O) groups excluding carboxylic acids is 1. The van der Waals surface area contributed by atoms with Gasteiger partial charge in [-0.15, -0.1) is 0 Å². The van der Waals surface area contributed by atoms with Gasteiger partial charge in [0.1, 0.15) is 0 Å². The highest BCUT2D eigenvalue weighted by atomic mass is 16.6. The average Bonchev–Trinajstić information content (AvgIpc) is 2.49. The first-order valence-electron chi connectivity index (χ1n) is 7.42. The van der Waals surface area contributed by atoms with Crippen LogP contribution in [0.1, 0.15) is 31.2 Å². The zero-order valence-corrected chi connectivity index (χ0v) is 12.7. The Labute approximate surface area is 133 Å². The molecular formula is C15H19N3O5. The minimum absolute atomic E-state index is 0.0791. The number of carbonyl (C=O) groups is 2. The molecule has 0 bridgehead atoms. The van der Waals surface area contributed by atoms with Gasteiger partial charge in [0.15, 0.2) is 0 Å². The molecule has 1 aliphatic carbocycles. The Morgan fingerprint density at radius 3 is 2.48 bits per heavy atom. The fraction of sp³-hybridized carbons (Fsp3) is 0.467. The van der Waals surface area contributed by atoms with Crippen molar-refractivity contribution in [1.82, 2.24) is 5.32 Å². The van der Waals surface area contributed by atoms with Crippen molar-refractivity contribution in [3.05, 3.63) is 33.9 Å². The highest BCUT2D eigenvalue weighted by Crippen LogP contribution is 2.25.